The number of fused-ring (bicyclic) bond motifs is 5. The second-order valence-electron chi connectivity index (χ2n) is 34.6. The molecule has 0 aliphatic heterocycles. The number of pyridine rings is 1. The van der Waals surface area contributed by atoms with Crippen LogP contribution in [0.3, 0.4) is 0 Å². The van der Waals surface area contributed by atoms with Gasteiger partial charge in [-0.05, 0) is 245 Å². The normalized spacial score (nSPS) is 15.7. The molecule has 7 unspecified atom stereocenters. The van der Waals surface area contributed by atoms with Crippen LogP contribution in [0, 0.1) is 30.6 Å². The number of nitrogens with one attached hydrogen (secondary N) is 18. The largest absolute Gasteiger partial charge is 0.385 e. The summed E-state index contributed by atoms with van der Waals surface area (Å²) in [5.74, 6) is 5.74. The summed E-state index contributed by atoms with van der Waals surface area (Å²) < 4.78 is 0. The van der Waals surface area contributed by atoms with Crippen LogP contribution in [0.2, 0.25) is 0 Å². The van der Waals surface area contributed by atoms with Gasteiger partial charge in [0.2, 0.25) is 11.9 Å². The zero-order valence-corrected chi connectivity index (χ0v) is 74.9. The van der Waals surface area contributed by atoms with Gasteiger partial charge in [0, 0.05) is 84.6 Å². The van der Waals surface area contributed by atoms with Crippen LogP contribution in [-0.2, 0) is 32.1 Å². The molecule has 3 saturated carbocycles. The first-order valence-corrected chi connectivity index (χ1v) is 46.6. The number of nitrogens with zero attached hydrogens (tertiary/aromatic N) is 9. The molecule has 33 heteroatoms. The number of rotatable bonds is 34. The minimum Gasteiger partial charge on any atom is -0.385 e. The number of anilines is 7. The lowest BCUT2D eigenvalue weighted by molar-refractivity contribution is 0.493. The Hall–Kier alpha value is -15.3. The van der Waals surface area contributed by atoms with E-state index in [1.54, 1.807) is 42.3 Å². The van der Waals surface area contributed by atoms with E-state index in [9.17, 15) is 24.0 Å². The Kier molecular flexibility index (Phi) is 29.9. The quantitative estimate of drug-likeness (QED) is 0.0178. The average Bonchev–Trinajstić information content (AvgIpc) is 1.71. The van der Waals surface area contributed by atoms with Crippen molar-refractivity contribution in [3.8, 4) is 0 Å². The van der Waals surface area contributed by atoms with Crippen molar-refractivity contribution < 1.29 is 0 Å². The molecule has 133 heavy (non-hydrogen) atoms. The van der Waals surface area contributed by atoms with Crippen molar-refractivity contribution in [2.75, 3.05) is 63.4 Å². The molecular weight excluding hydrogens is 1690 g/mol. The van der Waals surface area contributed by atoms with Gasteiger partial charge >= 0.3 is 0 Å². The van der Waals surface area contributed by atoms with E-state index in [0.717, 1.165) is 140 Å². The SMILES string of the molecule is Cc1cnc(NC2CCCC2CNc2ccc3c(=O)[nH][nH]c3c2)s1.O=c1[nH][nH]c2cc(CC(CCNc3ccccn3)Cc3ccccc3)ccc12.O=c1[nH][nH]c2cc(CC(CCNc3nccnn3)Cc3ccccc3)ccc12.O=c1[nH][nH]c2cc(CCCC(Nc3nccnn3)c3ccccc3)ccc12.O=c1[nH][nH]c2cc(NCC3CCCC3Nc3cc(C4CC4)[nH]n3)ccc12. The van der Waals surface area contributed by atoms with E-state index < -0.39 is 0 Å². The minimum absolute atomic E-state index is 0.0676. The Morgan fingerprint density at radius 1 is 0.398 bits per heavy atom. The summed E-state index contributed by atoms with van der Waals surface area (Å²) in [6.45, 7) is 5.56. The molecule has 0 saturated heterocycles. The highest BCUT2D eigenvalue weighted by Crippen LogP contribution is 2.40. The molecule has 18 aromatic rings. The van der Waals surface area contributed by atoms with Gasteiger partial charge < -0.3 is 37.2 Å². The molecule has 21 rings (SSSR count). The topological polar surface area (TPSA) is 459 Å². The molecule has 682 valence electrons. The van der Waals surface area contributed by atoms with E-state index >= 15 is 0 Å². The Labute approximate surface area is 769 Å². The number of aryl methyl sites for hydroxylation is 2. The summed E-state index contributed by atoms with van der Waals surface area (Å²) in [6.07, 6.45) is 28.7. The highest BCUT2D eigenvalue weighted by molar-refractivity contribution is 7.15. The number of aromatic nitrogens is 20. The fraction of sp³-hybridized carbons (Fsp3) is 0.300. The van der Waals surface area contributed by atoms with Crippen LogP contribution >= 0.6 is 11.3 Å². The van der Waals surface area contributed by atoms with Gasteiger partial charge in [-0.25, -0.2) is 19.9 Å². The maximum atomic E-state index is 11.7. The van der Waals surface area contributed by atoms with Gasteiger partial charge in [0.25, 0.3) is 27.8 Å². The van der Waals surface area contributed by atoms with Crippen LogP contribution < -0.4 is 65.0 Å². The Balaban J connectivity index is 0.000000116. The Bertz CT molecular complexity index is 6830. The molecule has 32 nitrogen and oxygen atoms in total. The fourth-order valence-electron chi connectivity index (χ4n) is 17.9. The van der Waals surface area contributed by atoms with E-state index in [0.29, 0.717) is 80.5 Å². The van der Waals surface area contributed by atoms with Crippen LogP contribution in [0.4, 0.5) is 40.0 Å². The lowest BCUT2D eigenvalue weighted by atomic mass is 9.89. The van der Waals surface area contributed by atoms with Gasteiger partial charge in [0.05, 0.1) is 85.3 Å². The monoisotopic (exact) mass is 1800 g/mol. The summed E-state index contributed by atoms with van der Waals surface area (Å²) in [5.41, 5.74) is 14.7. The minimum atomic E-state index is -0.0821. The van der Waals surface area contributed by atoms with E-state index in [-0.39, 0.29) is 33.8 Å². The summed E-state index contributed by atoms with van der Waals surface area (Å²) in [4.78, 5) is 76.6. The predicted molar refractivity (Wildman–Crippen MR) is 529 cm³/mol. The van der Waals surface area contributed by atoms with Crippen LogP contribution in [0.1, 0.15) is 133 Å². The second kappa shape index (κ2) is 44.4. The van der Waals surface area contributed by atoms with Crippen molar-refractivity contribution in [1.82, 2.24) is 102 Å². The molecule has 7 atom stereocenters. The van der Waals surface area contributed by atoms with Gasteiger partial charge in [-0.2, -0.15) is 15.3 Å². The van der Waals surface area contributed by atoms with Crippen LogP contribution in [0.15, 0.2) is 267 Å². The van der Waals surface area contributed by atoms with E-state index in [4.69, 9.17) is 0 Å². The molecular formula is C100H111N27O5S. The van der Waals surface area contributed by atoms with Crippen LogP contribution in [-0.4, -0.2) is 140 Å². The molecule has 18 N–H and O–H groups in total. The third kappa shape index (κ3) is 25.0. The molecule has 10 aromatic heterocycles. The first-order valence-electron chi connectivity index (χ1n) is 45.8. The highest BCUT2D eigenvalue weighted by atomic mass is 32.1. The van der Waals surface area contributed by atoms with Gasteiger partial charge in [0.1, 0.15) is 11.6 Å². The number of hydrogen-bond acceptors (Lipinski definition) is 22. The first-order chi connectivity index (χ1) is 65.3. The summed E-state index contributed by atoms with van der Waals surface area (Å²) in [6, 6.07) is 70.1. The number of aromatic amines is 11. The third-order valence-corrected chi connectivity index (χ3v) is 25.8. The maximum absolute atomic E-state index is 11.7. The van der Waals surface area contributed by atoms with Crippen molar-refractivity contribution >= 4 is 106 Å². The van der Waals surface area contributed by atoms with Gasteiger partial charge in [-0.3, -0.25) is 80.1 Å². The molecule has 3 aliphatic carbocycles. The molecule has 0 bridgehead atoms. The second-order valence-corrected chi connectivity index (χ2v) is 35.8. The lowest BCUT2D eigenvalue weighted by Gasteiger charge is -2.21. The van der Waals surface area contributed by atoms with Crippen molar-refractivity contribution in [1.29, 1.82) is 0 Å². The lowest BCUT2D eigenvalue weighted by Crippen LogP contribution is -2.29. The maximum Gasteiger partial charge on any atom is 0.271 e. The predicted octanol–water partition coefficient (Wildman–Crippen LogP) is 16.8. The molecule has 0 radical (unpaired) electrons. The Morgan fingerprint density at radius 3 is 1.37 bits per heavy atom. The van der Waals surface area contributed by atoms with Crippen LogP contribution in [0.25, 0.3) is 54.5 Å². The molecule has 0 amide bonds. The zero-order chi connectivity index (χ0) is 90.9. The number of benzene rings is 8. The summed E-state index contributed by atoms with van der Waals surface area (Å²) >= 11 is 1.71. The fourth-order valence-corrected chi connectivity index (χ4v) is 18.6. The molecule has 3 fully saturated rings. The van der Waals surface area contributed by atoms with Crippen molar-refractivity contribution in [3.63, 3.8) is 0 Å². The Morgan fingerprint density at radius 2 is 0.872 bits per heavy atom. The highest BCUT2D eigenvalue weighted by Gasteiger charge is 2.31. The smallest absolute Gasteiger partial charge is 0.271 e. The van der Waals surface area contributed by atoms with Crippen molar-refractivity contribution in [2.45, 2.75) is 140 Å². The van der Waals surface area contributed by atoms with E-state index in [2.05, 4.69) is 237 Å². The van der Waals surface area contributed by atoms with Gasteiger partial charge in [-0.15, -0.1) is 21.5 Å². The third-order valence-electron chi connectivity index (χ3n) is 25.0. The van der Waals surface area contributed by atoms with Gasteiger partial charge in [0.15, 0.2) is 5.13 Å². The number of thiazole rings is 1. The summed E-state index contributed by atoms with van der Waals surface area (Å²) in [7, 11) is 0. The first kappa shape index (κ1) is 89.7. The van der Waals surface area contributed by atoms with E-state index in [1.165, 1.54) is 95.3 Å². The molecule has 0 spiro atoms. The molecule has 3 aliphatic rings. The van der Waals surface area contributed by atoms with Crippen molar-refractivity contribution in [3.05, 3.63) is 339 Å². The van der Waals surface area contributed by atoms with E-state index in [1.807, 2.05) is 121 Å². The number of H-pyrrole nitrogens is 11. The average molecular weight is 1800 g/mol. The zero-order valence-electron chi connectivity index (χ0n) is 74.0. The van der Waals surface area contributed by atoms with Crippen LogP contribution in [0.5, 0.6) is 0 Å². The molecule has 8 aromatic carbocycles. The summed E-state index contributed by atoms with van der Waals surface area (Å²) in [5, 5.41) is 79.9. The van der Waals surface area contributed by atoms with Crippen molar-refractivity contribution in [2.24, 2.45) is 23.7 Å². The van der Waals surface area contributed by atoms with Gasteiger partial charge in [-0.1, -0.05) is 128 Å². The molecule has 10 heterocycles. The number of hydrogen-bond donors (Lipinski definition) is 18. The standard InChI is InChI=1S/C23H24N4O.C21H22N6O.C20H20N6O.C19H24N6O.C17H21N5OS/c28-23-20-10-9-18(16-21(20)26-27-23)15-19(14-17-6-2-1-3-7-17)11-13-25-22-8-4-5-12-24-22;28-20-18-7-6-16(14-19(18)25-26-20)13-17(12-15-4-2-1-3-5-15)8-9-22-21-23-10-11-24-27-21;27-19-16-10-9-14(13-18(16)24-25-19)5-4-8-17(15-6-2-1-3-7-15)23-20-21-11-12-22-26-20;26-19-14-7-6-13(8-17(14)23-25-19)20-10-12-2-1-3-15(12)21-18-9-16(22-24-18)11-4-5-11;1-10-8-19-17(24-10)20-14-4-2-3-11(14)9-18-12-5-6-13-15(7-12)21-22-16(13)23/h1-10,12,16,19H,11,13-15H2,(H,24,25)(H2,26,27,28);1-7,10-11,14,17H,8-9,12-13H2,(H,22,23,27)(H2,25,26,28);1-3,6-7,9-13,17H,4-5,8H2,(H,21,23,26)(H2,24,25,27);6-9,11-12,15,20H,1-5,10H2,(H2,21,22,24)(H2,23,25,26);5-8,11,14,18H,2-4,9H2,1H3,(H,19,20)(H2,21,22,23).